The van der Waals surface area contributed by atoms with Gasteiger partial charge in [0.1, 0.15) is 0 Å². The third-order valence-corrected chi connectivity index (χ3v) is 4.04. The summed E-state index contributed by atoms with van der Waals surface area (Å²) in [4.78, 5) is 24.7. The van der Waals surface area contributed by atoms with Crippen LogP contribution >= 0.6 is 0 Å². The number of hydrogen-bond donors (Lipinski definition) is 3. The number of hydrogen-bond acceptors (Lipinski definition) is 3. The highest BCUT2D eigenvalue weighted by Crippen LogP contribution is 2.25. The summed E-state index contributed by atoms with van der Waals surface area (Å²) in [5.41, 5.74) is 0. The summed E-state index contributed by atoms with van der Waals surface area (Å²) in [5, 5.41) is 14.6. The van der Waals surface area contributed by atoms with Crippen LogP contribution in [0.3, 0.4) is 0 Å². The minimum atomic E-state index is -0.754. The van der Waals surface area contributed by atoms with E-state index in [1.807, 2.05) is 0 Å². The second kappa shape index (κ2) is 6.23. The molecule has 0 aromatic carbocycles. The van der Waals surface area contributed by atoms with Gasteiger partial charge in [0.05, 0.1) is 5.92 Å². The molecule has 0 unspecified atom stereocenters. The lowest BCUT2D eigenvalue weighted by molar-refractivity contribution is -0.141. The normalized spacial score (nSPS) is 26.4. The molecule has 2 aliphatic carbocycles. The second-order valence-corrected chi connectivity index (χ2v) is 5.66. The van der Waals surface area contributed by atoms with E-state index < -0.39 is 5.97 Å². The number of amides is 2. The maximum atomic E-state index is 11.7. The van der Waals surface area contributed by atoms with Crippen molar-refractivity contribution < 1.29 is 14.7 Å². The molecule has 0 bridgehead atoms. The van der Waals surface area contributed by atoms with Crippen molar-refractivity contribution >= 4 is 12.0 Å². The van der Waals surface area contributed by atoms with Crippen molar-refractivity contribution in [3.63, 3.8) is 0 Å². The molecule has 2 fully saturated rings. The van der Waals surface area contributed by atoms with Crippen molar-refractivity contribution in [2.75, 3.05) is 20.1 Å². The van der Waals surface area contributed by atoms with Gasteiger partial charge < -0.3 is 20.6 Å². The van der Waals surface area contributed by atoms with E-state index in [0.717, 1.165) is 13.0 Å². The Morgan fingerprint density at radius 2 is 2.00 bits per heavy atom. The molecule has 2 atom stereocenters. The van der Waals surface area contributed by atoms with Crippen LogP contribution in [0.4, 0.5) is 4.79 Å². The van der Waals surface area contributed by atoms with E-state index >= 15 is 0 Å². The highest BCUT2D eigenvalue weighted by Gasteiger charge is 2.30. The molecule has 19 heavy (non-hydrogen) atoms. The Balaban J connectivity index is 1.58. The number of nitrogens with one attached hydrogen (secondary N) is 2. The Hall–Kier alpha value is -1.30. The lowest BCUT2D eigenvalue weighted by Crippen LogP contribution is -2.43. The fourth-order valence-electron chi connectivity index (χ4n) is 2.62. The van der Waals surface area contributed by atoms with Gasteiger partial charge >= 0.3 is 12.0 Å². The summed E-state index contributed by atoms with van der Waals surface area (Å²) >= 11 is 0. The number of likely N-dealkylation sites (N-methyl/N-ethyl adjacent to an activating group) is 1. The fraction of sp³-hybridized carbons (Fsp3) is 0.846. The average Bonchev–Trinajstić information content (AvgIpc) is 3.10. The van der Waals surface area contributed by atoms with E-state index in [1.165, 1.54) is 12.8 Å². The van der Waals surface area contributed by atoms with Gasteiger partial charge in [-0.25, -0.2) is 4.79 Å². The first kappa shape index (κ1) is 14.1. The van der Waals surface area contributed by atoms with Crippen molar-refractivity contribution in [2.45, 2.75) is 44.2 Å². The smallest absolute Gasteiger partial charge is 0.315 e. The maximum Gasteiger partial charge on any atom is 0.315 e. The van der Waals surface area contributed by atoms with Crippen LogP contribution in [-0.2, 0) is 4.79 Å². The molecule has 0 radical (unpaired) electrons. The Morgan fingerprint density at radius 1 is 1.26 bits per heavy atom. The molecule has 0 aromatic heterocycles. The number of carbonyl (C=O) groups excluding carboxylic acids is 1. The molecule has 108 valence electrons. The van der Waals surface area contributed by atoms with Gasteiger partial charge in [0.25, 0.3) is 0 Å². The topological polar surface area (TPSA) is 81.7 Å². The molecule has 0 aromatic rings. The average molecular weight is 269 g/mol. The number of nitrogens with zero attached hydrogens (tertiary/aromatic N) is 1. The summed E-state index contributed by atoms with van der Waals surface area (Å²) in [5.74, 6) is -1.05. The molecule has 0 heterocycles. The standard InChI is InChI=1S/C13H23N3O3/c1-16(11-4-5-11)7-6-14-13(19)15-10-3-2-9(8-10)12(17)18/h9-11H,2-8H2,1H3,(H,17,18)(H2,14,15,19)/t9-,10+/m1/s1. The molecule has 6 nitrogen and oxygen atoms in total. The number of carbonyl (C=O) groups is 2. The van der Waals surface area contributed by atoms with Crippen LogP contribution in [0.15, 0.2) is 0 Å². The Bertz CT molecular complexity index is 344. The van der Waals surface area contributed by atoms with Crippen molar-refractivity contribution in [2.24, 2.45) is 5.92 Å². The first-order chi connectivity index (χ1) is 9.06. The van der Waals surface area contributed by atoms with Gasteiger partial charge in [-0.2, -0.15) is 0 Å². The minimum absolute atomic E-state index is 0.00209. The van der Waals surface area contributed by atoms with E-state index in [2.05, 4.69) is 22.6 Å². The number of rotatable bonds is 6. The van der Waals surface area contributed by atoms with Gasteiger partial charge in [-0.3, -0.25) is 4.79 Å². The predicted molar refractivity (Wildman–Crippen MR) is 71.0 cm³/mol. The highest BCUT2D eigenvalue weighted by molar-refractivity contribution is 5.75. The Kier molecular flexibility index (Phi) is 4.63. The van der Waals surface area contributed by atoms with Crippen molar-refractivity contribution in [1.82, 2.24) is 15.5 Å². The van der Waals surface area contributed by atoms with Gasteiger partial charge in [0, 0.05) is 25.2 Å². The molecule has 2 aliphatic rings. The fourth-order valence-corrected chi connectivity index (χ4v) is 2.62. The first-order valence-electron chi connectivity index (χ1n) is 7.03. The lowest BCUT2D eigenvalue weighted by atomic mass is 10.1. The molecule has 0 aliphatic heterocycles. The summed E-state index contributed by atoms with van der Waals surface area (Å²) < 4.78 is 0. The predicted octanol–water partition coefficient (Wildman–Crippen LogP) is 0.633. The van der Waals surface area contributed by atoms with Crippen LogP contribution in [0.1, 0.15) is 32.1 Å². The van der Waals surface area contributed by atoms with Gasteiger partial charge in [0.2, 0.25) is 0 Å². The number of aliphatic carboxylic acids is 1. The van der Waals surface area contributed by atoms with Gasteiger partial charge in [-0.05, 0) is 39.2 Å². The third kappa shape index (κ3) is 4.38. The van der Waals surface area contributed by atoms with E-state index in [1.54, 1.807) is 0 Å². The number of urea groups is 1. The number of carboxylic acid groups (broad SMARTS) is 1. The molecule has 0 saturated heterocycles. The zero-order chi connectivity index (χ0) is 13.8. The SMILES string of the molecule is CN(CCNC(=O)N[C@H]1CC[C@@H](C(=O)O)C1)C1CC1. The molecule has 2 saturated carbocycles. The molecule has 2 amide bonds. The van der Waals surface area contributed by atoms with Crippen molar-refractivity contribution in [1.29, 1.82) is 0 Å². The van der Waals surface area contributed by atoms with E-state index in [9.17, 15) is 9.59 Å². The summed E-state index contributed by atoms with van der Waals surface area (Å²) in [6.45, 7) is 1.49. The molecular weight excluding hydrogens is 246 g/mol. The zero-order valence-electron chi connectivity index (χ0n) is 11.4. The van der Waals surface area contributed by atoms with Crippen LogP contribution in [0.25, 0.3) is 0 Å². The van der Waals surface area contributed by atoms with Crippen LogP contribution in [0.2, 0.25) is 0 Å². The summed E-state index contributed by atoms with van der Waals surface area (Å²) in [7, 11) is 2.08. The zero-order valence-corrected chi connectivity index (χ0v) is 11.4. The lowest BCUT2D eigenvalue weighted by Gasteiger charge is -2.17. The van der Waals surface area contributed by atoms with Crippen molar-refractivity contribution in [3.05, 3.63) is 0 Å². The van der Waals surface area contributed by atoms with E-state index in [4.69, 9.17) is 5.11 Å². The molecule has 0 spiro atoms. The van der Waals surface area contributed by atoms with Crippen LogP contribution in [0, 0.1) is 5.92 Å². The third-order valence-electron chi connectivity index (χ3n) is 4.04. The Morgan fingerprint density at radius 3 is 2.58 bits per heavy atom. The minimum Gasteiger partial charge on any atom is -0.481 e. The van der Waals surface area contributed by atoms with Crippen LogP contribution < -0.4 is 10.6 Å². The van der Waals surface area contributed by atoms with Crippen molar-refractivity contribution in [3.8, 4) is 0 Å². The van der Waals surface area contributed by atoms with E-state index in [0.29, 0.717) is 25.4 Å². The molecule has 3 N–H and O–H groups in total. The monoisotopic (exact) mass is 269 g/mol. The first-order valence-corrected chi connectivity index (χ1v) is 7.03. The van der Waals surface area contributed by atoms with Gasteiger partial charge in [-0.15, -0.1) is 0 Å². The molecule has 2 rings (SSSR count). The highest BCUT2D eigenvalue weighted by atomic mass is 16.4. The Labute approximate surface area is 113 Å². The van der Waals surface area contributed by atoms with E-state index in [-0.39, 0.29) is 18.0 Å². The number of carboxylic acids is 1. The van der Waals surface area contributed by atoms with Gasteiger partial charge in [0.15, 0.2) is 0 Å². The van der Waals surface area contributed by atoms with Crippen LogP contribution in [0.5, 0.6) is 0 Å². The summed E-state index contributed by atoms with van der Waals surface area (Å²) in [6, 6.07) is 0.526. The second-order valence-electron chi connectivity index (χ2n) is 5.66. The quantitative estimate of drug-likeness (QED) is 0.660. The summed E-state index contributed by atoms with van der Waals surface area (Å²) in [6.07, 6.45) is 4.49. The van der Waals surface area contributed by atoms with Crippen LogP contribution in [-0.4, -0.2) is 54.2 Å². The largest absolute Gasteiger partial charge is 0.481 e. The maximum absolute atomic E-state index is 11.7. The van der Waals surface area contributed by atoms with Gasteiger partial charge in [-0.1, -0.05) is 0 Å². The molecular formula is C13H23N3O3. The molecule has 6 heteroatoms.